The largest absolute Gasteiger partial charge is 0.394 e. The normalized spacial score (nSPS) is 9.00. The lowest BCUT2D eigenvalue weighted by Crippen LogP contribution is -2.00. The van der Waals surface area contributed by atoms with Crippen LogP contribution in [0.25, 0.3) is 0 Å². The van der Waals surface area contributed by atoms with Gasteiger partial charge in [0.1, 0.15) is 0 Å². The van der Waals surface area contributed by atoms with Crippen molar-refractivity contribution in [1.82, 2.24) is 0 Å². The minimum atomic E-state index is -4.67. The molecule has 0 aromatic rings. The molecule has 0 aliphatic rings. The van der Waals surface area contributed by atoms with Gasteiger partial charge in [-0.1, -0.05) is 5.11 Å². The third-order valence-corrected chi connectivity index (χ3v) is 0.110. The summed E-state index contributed by atoms with van der Waals surface area (Å²) in [6.45, 7) is 0. The van der Waals surface area contributed by atoms with Crippen LogP contribution in [0.5, 0.6) is 0 Å². The van der Waals surface area contributed by atoms with Crippen molar-refractivity contribution >= 4 is 16.4 Å². The minimum Gasteiger partial charge on any atom is -0.348 e. The number of nitrogens with two attached hydrogens (primary N) is 1. The minimum absolute atomic E-state index is 0.954. The Balaban J connectivity index is 0. The van der Waals surface area contributed by atoms with Gasteiger partial charge in [-0.3, -0.25) is 9.11 Å². The summed E-state index contributed by atoms with van der Waals surface area (Å²) in [5, 5.41) is 2.28. The van der Waals surface area contributed by atoms with E-state index in [1.807, 2.05) is 0 Å². The van der Waals surface area contributed by atoms with Crippen LogP contribution < -0.4 is 5.73 Å². The summed E-state index contributed by atoms with van der Waals surface area (Å²) >= 11 is 0. The zero-order chi connectivity index (χ0) is 8.78. The average Bonchev–Trinajstić information content (AvgIpc) is 1.61. The molecule has 10 heavy (non-hydrogen) atoms. The van der Waals surface area contributed by atoms with Gasteiger partial charge in [0.05, 0.1) is 0 Å². The van der Waals surface area contributed by atoms with E-state index in [1.165, 1.54) is 0 Å². The topological polar surface area (TPSA) is 154 Å². The van der Waals surface area contributed by atoms with Crippen molar-refractivity contribution < 1.29 is 22.3 Å². The van der Waals surface area contributed by atoms with Crippen LogP contribution in [-0.4, -0.2) is 23.6 Å². The van der Waals surface area contributed by atoms with Crippen molar-refractivity contribution in [2.45, 2.75) is 0 Å². The van der Waals surface area contributed by atoms with Crippen molar-refractivity contribution in [3.8, 4) is 0 Å². The predicted molar refractivity (Wildman–Crippen MR) is 28.9 cm³/mol. The number of amides is 2. The fourth-order valence-corrected chi connectivity index (χ4v) is 0. The Hall–Kier alpha value is -1.06. The zero-order valence-corrected chi connectivity index (χ0v) is 5.37. The molecule has 0 atom stereocenters. The first-order valence-corrected chi connectivity index (χ1v) is 3.04. The summed E-state index contributed by atoms with van der Waals surface area (Å²) in [5.74, 6) is 0. The number of carbonyl (C=O) groups is 1. The third-order valence-electron chi connectivity index (χ3n) is 0.110. The van der Waals surface area contributed by atoms with Gasteiger partial charge in [-0.15, -0.1) is 0 Å². The standard InChI is InChI=1S/CH3N3O.H2O4S/c2-1(5)4-3;1-5(2,3)4/h3H,(H2,2,5);(H2,1,2,3,4). The summed E-state index contributed by atoms with van der Waals surface area (Å²) < 4.78 is 31.6. The Labute approximate surface area is 56.1 Å². The van der Waals surface area contributed by atoms with Crippen LogP contribution in [0.15, 0.2) is 5.11 Å². The summed E-state index contributed by atoms with van der Waals surface area (Å²) in [7, 11) is -4.67. The molecule has 0 aromatic carbocycles. The van der Waals surface area contributed by atoms with Crippen molar-refractivity contribution in [2.75, 3.05) is 0 Å². The molecule has 0 aliphatic carbocycles. The molecule has 9 heteroatoms. The highest BCUT2D eigenvalue weighted by Crippen LogP contribution is 1.59. The molecule has 0 unspecified atom stereocenters. The molecule has 0 bridgehead atoms. The van der Waals surface area contributed by atoms with Gasteiger partial charge >= 0.3 is 16.4 Å². The van der Waals surface area contributed by atoms with Crippen LogP contribution in [0.1, 0.15) is 0 Å². The fraction of sp³-hybridized carbons (Fsp3) is 0. The SMILES string of the molecule is N=NC(N)=O.O=S(=O)(O)O. The molecule has 0 aliphatic heterocycles. The van der Waals surface area contributed by atoms with Gasteiger partial charge in [-0.2, -0.15) is 13.9 Å². The molecular formula is CH5N3O5S. The van der Waals surface area contributed by atoms with Crippen LogP contribution >= 0.6 is 0 Å². The number of primary amides is 1. The molecule has 60 valence electrons. The van der Waals surface area contributed by atoms with E-state index in [0.29, 0.717) is 0 Å². The van der Waals surface area contributed by atoms with E-state index in [1.54, 1.807) is 0 Å². The van der Waals surface area contributed by atoms with Gasteiger partial charge < -0.3 is 5.73 Å². The van der Waals surface area contributed by atoms with Gasteiger partial charge in [-0.25, -0.2) is 4.79 Å². The molecule has 0 saturated carbocycles. The van der Waals surface area contributed by atoms with E-state index in [2.05, 4.69) is 10.8 Å². The molecular weight excluding hydrogens is 166 g/mol. The molecule has 8 nitrogen and oxygen atoms in total. The summed E-state index contributed by atoms with van der Waals surface area (Å²) in [6.07, 6.45) is 0. The molecule has 5 N–H and O–H groups in total. The second-order valence-electron chi connectivity index (χ2n) is 0.898. The second-order valence-corrected chi connectivity index (χ2v) is 1.79. The van der Waals surface area contributed by atoms with Gasteiger partial charge in [0.15, 0.2) is 0 Å². The maximum Gasteiger partial charge on any atom is 0.394 e. The van der Waals surface area contributed by atoms with Crippen LogP contribution in [0.3, 0.4) is 0 Å². The summed E-state index contributed by atoms with van der Waals surface area (Å²) in [4.78, 5) is 9.24. The maximum absolute atomic E-state index is 9.24. The van der Waals surface area contributed by atoms with Crippen LogP contribution in [0.2, 0.25) is 0 Å². The lowest BCUT2D eigenvalue weighted by Gasteiger charge is -1.68. The first-order valence-electron chi connectivity index (χ1n) is 1.64. The Morgan fingerprint density at radius 1 is 1.50 bits per heavy atom. The quantitative estimate of drug-likeness (QED) is 0.284. The Morgan fingerprint density at radius 2 is 1.60 bits per heavy atom. The van der Waals surface area contributed by atoms with Crippen molar-refractivity contribution in [3.63, 3.8) is 0 Å². The Kier molecular flexibility index (Phi) is 5.60. The van der Waals surface area contributed by atoms with E-state index in [-0.39, 0.29) is 0 Å². The molecule has 0 radical (unpaired) electrons. The molecule has 0 heterocycles. The second kappa shape index (κ2) is 4.78. The van der Waals surface area contributed by atoms with Gasteiger partial charge in [0.2, 0.25) is 0 Å². The van der Waals surface area contributed by atoms with Gasteiger partial charge in [0, 0.05) is 0 Å². The highest BCUT2D eigenvalue weighted by atomic mass is 32.3. The zero-order valence-electron chi connectivity index (χ0n) is 4.55. The Morgan fingerprint density at radius 3 is 1.60 bits per heavy atom. The number of rotatable bonds is 0. The first kappa shape index (κ1) is 11.7. The van der Waals surface area contributed by atoms with Crippen LogP contribution in [0.4, 0.5) is 4.79 Å². The number of nitrogens with zero attached hydrogens (tertiary/aromatic N) is 1. The summed E-state index contributed by atoms with van der Waals surface area (Å²) in [6, 6.07) is -0.954. The summed E-state index contributed by atoms with van der Waals surface area (Å²) in [5.41, 5.74) is 10.1. The number of hydrogen-bond donors (Lipinski definition) is 4. The number of urea groups is 1. The smallest absolute Gasteiger partial charge is 0.348 e. The average molecular weight is 171 g/mol. The first-order chi connectivity index (χ1) is 4.27. The number of carbonyl (C=O) groups excluding carboxylic acids is 1. The lowest BCUT2D eigenvalue weighted by atomic mass is 11.2. The maximum atomic E-state index is 9.24. The lowest BCUT2D eigenvalue weighted by molar-refractivity contribution is 0.255. The third kappa shape index (κ3) is 277. The van der Waals surface area contributed by atoms with Crippen LogP contribution in [0, 0.1) is 5.53 Å². The monoisotopic (exact) mass is 171 g/mol. The van der Waals surface area contributed by atoms with Crippen molar-refractivity contribution in [3.05, 3.63) is 0 Å². The van der Waals surface area contributed by atoms with Crippen molar-refractivity contribution in [1.29, 1.82) is 5.53 Å². The predicted octanol–water partition coefficient (Wildman–Crippen LogP) is -0.557. The molecule has 0 fully saturated rings. The van der Waals surface area contributed by atoms with Gasteiger partial charge in [-0.05, 0) is 0 Å². The molecule has 2 amide bonds. The molecule has 0 rings (SSSR count). The fourth-order valence-electron chi connectivity index (χ4n) is 0. The molecule has 0 saturated heterocycles. The highest BCUT2D eigenvalue weighted by molar-refractivity contribution is 7.79. The number of nitrogens with one attached hydrogen (secondary N) is 1. The molecule has 0 aromatic heterocycles. The van der Waals surface area contributed by atoms with Crippen LogP contribution in [-0.2, 0) is 10.4 Å². The van der Waals surface area contributed by atoms with Gasteiger partial charge in [0.25, 0.3) is 0 Å². The Bertz CT molecular complexity index is 197. The van der Waals surface area contributed by atoms with E-state index < -0.39 is 16.4 Å². The van der Waals surface area contributed by atoms with E-state index >= 15 is 0 Å². The molecule has 0 spiro atoms. The van der Waals surface area contributed by atoms with E-state index in [4.69, 9.17) is 23.1 Å². The number of hydrogen-bond acceptors (Lipinski definition) is 4. The van der Waals surface area contributed by atoms with E-state index in [0.717, 1.165) is 0 Å². The van der Waals surface area contributed by atoms with Crippen molar-refractivity contribution in [2.24, 2.45) is 10.8 Å². The van der Waals surface area contributed by atoms with E-state index in [9.17, 15) is 4.79 Å². The highest BCUT2D eigenvalue weighted by Gasteiger charge is 1.84.